The van der Waals surface area contributed by atoms with Gasteiger partial charge in [0, 0.05) is 5.56 Å². The van der Waals surface area contributed by atoms with Crippen LogP contribution in [0, 0.1) is 0 Å². The van der Waals surface area contributed by atoms with Crippen molar-refractivity contribution in [1.82, 2.24) is 0 Å². The second-order valence-corrected chi connectivity index (χ2v) is 7.54. The van der Waals surface area contributed by atoms with Crippen LogP contribution in [0.2, 0.25) is 0 Å². The van der Waals surface area contributed by atoms with Crippen molar-refractivity contribution in [2.75, 3.05) is 10.3 Å². The highest BCUT2D eigenvalue weighted by Gasteiger charge is 2.30. The molecule has 1 aliphatic heterocycles. The first-order chi connectivity index (χ1) is 15.7. The van der Waals surface area contributed by atoms with Gasteiger partial charge in [-0.2, -0.15) is 10.1 Å². The van der Waals surface area contributed by atoms with Crippen molar-refractivity contribution in [3.05, 3.63) is 102 Å². The van der Waals surface area contributed by atoms with Gasteiger partial charge in [0.05, 0.1) is 16.8 Å². The first-order valence-corrected chi connectivity index (χ1v) is 10.2. The largest absolute Gasteiger partial charge is 0.508 e. The lowest BCUT2D eigenvalue weighted by molar-refractivity contribution is 0.257. The number of benzene rings is 4. The van der Waals surface area contributed by atoms with E-state index < -0.39 is 0 Å². The SMILES string of the molecule is O=C1Nc2c(oc3ccc4ccccc4c23)C(c2ccc(O)cc2)=NN1c1ccccc1. The van der Waals surface area contributed by atoms with E-state index in [2.05, 4.69) is 5.32 Å². The highest BCUT2D eigenvalue weighted by Crippen LogP contribution is 2.39. The smallest absolute Gasteiger partial charge is 0.347 e. The van der Waals surface area contributed by atoms with E-state index in [-0.39, 0.29) is 11.8 Å². The Morgan fingerprint density at radius 1 is 0.844 bits per heavy atom. The molecule has 5 aromatic rings. The highest BCUT2D eigenvalue weighted by molar-refractivity contribution is 6.26. The fourth-order valence-electron chi connectivity index (χ4n) is 4.06. The summed E-state index contributed by atoms with van der Waals surface area (Å²) in [6, 6.07) is 27.4. The summed E-state index contributed by atoms with van der Waals surface area (Å²) in [5, 5.41) is 21.7. The number of carbonyl (C=O) groups is 1. The number of urea groups is 1. The van der Waals surface area contributed by atoms with Gasteiger partial charge in [-0.25, -0.2) is 4.79 Å². The molecule has 0 saturated carbocycles. The predicted molar refractivity (Wildman–Crippen MR) is 125 cm³/mol. The van der Waals surface area contributed by atoms with Crippen molar-refractivity contribution in [1.29, 1.82) is 0 Å². The fraction of sp³-hybridized carbons (Fsp3) is 0. The summed E-state index contributed by atoms with van der Waals surface area (Å²) in [5.41, 5.74) is 3.06. The molecule has 1 aliphatic rings. The number of hydrogen-bond acceptors (Lipinski definition) is 4. The van der Waals surface area contributed by atoms with Crippen LogP contribution in [0.1, 0.15) is 11.3 Å². The van der Waals surface area contributed by atoms with Gasteiger partial charge in [-0.1, -0.05) is 48.5 Å². The Hall–Kier alpha value is -4.58. The minimum absolute atomic E-state index is 0.146. The lowest BCUT2D eigenvalue weighted by Gasteiger charge is -2.16. The first kappa shape index (κ1) is 18.2. The van der Waals surface area contributed by atoms with Gasteiger partial charge in [-0.3, -0.25) is 0 Å². The van der Waals surface area contributed by atoms with Gasteiger partial charge >= 0.3 is 6.03 Å². The molecule has 0 saturated heterocycles. The lowest BCUT2D eigenvalue weighted by atomic mass is 10.0. The molecular weight excluding hydrogens is 402 g/mol. The number of phenolic OH excluding ortho intramolecular Hbond substituents is 1. The van der Waals surface area contributed by atoms with E-state index in [1.54, 1.807) is 24.3 Å². The van der Waals surface area contributed by atoms with Crippen molar-refractivity contribution >= 4 is 44.9 Å². The summed E-state index contributed by atoms with van der Waals surface area (Å²) in [6.45, 7) is 0. The number of aromatic hydroxyl groups is 1. The standard InChI is InChI=1S/C26H17N3O3/c30-19-13-10-17(11-14-19)23-25-24(27-26(31)29(28-23)18-7-2-1-3-8-18)22-20-9-5-4-6-16(20)12-15-21(22)32-25/h1-15,30H,(H,27,31). The number of anilines is 2. The molecule has 0 spiro atoms. The van der Waals surface area contributed by atoms with Gasteiger partial charge < -0.3 is 14.8 Å². The normalized spacial score (nSPS) is 13.6. The molecule has 4 aromatic carbocycles. The zero-order valence-electron chi connectivity index (χ0n) is 16.8. The number of fused-ring (bicyclic) bond motifs is 5. The molecule has 0 atom stereocenters. The molecule has 2 heterocycles. The lowest BCUT2D eigenvalue weighted by Crippen LogP contribution is -2.29. The Morgan fingerprint density at radius 3 is 2.41 bits per heavy atom. The molecule has 2 amide bonds. The van der Waals surface area contributed by atoms with Crippen molar-refractivity contribution in [3.63, 3.8) is 0 Å². The first-order valence-electron chi connectivity index (χ1n) is 10.2. The maximum atomic E-state index is 13.3. The molecule has 6 nitrogen and oxygen atoms in total. The summed E-state index contributed by atoms with van der Waals surface area (Å²) in [5.74, 6) is 0.613. The maximum absolute atomic E-state index is 13.3. The van der Waals surface area contributed by atoms with Crippen LogP contribution in [0.25, 0.3) is 21.7 Å². The number of nitrogens with zero attached hydrogens (tertiary/aromatic N) is 2. The summed E-state index contributed by atoms with van der Waals surface area (Å²) >= 11 is 0. The average molecular weight is 419 g/mol. The van der Waals surface area contributed by atoms with Crippen molar-refractivity contribution in [2.45, 2.75) is 0 Å². The summed E-state index contributed by atoms with van der Waals surface area (Å²) < 4.78 is 6.27. The Morgan fingerprint density at radius 2 is 1.59 bits per heavy atom. The number of phenols is 1. The number of hydrogen-bond donors (Lipinski definition) is 2. The van der Waals surface area contributed by atoms with Crippen LogP contribution in [0.3, 0.4) is 0 Å². The molecule has 154 valence electrons. The van der Waals surface area contributed by atoms with Crippen LogP contribution in [0.5, 0.6) is 5.75 Å². The van der Waals surface area contributed by atoms with Gasteiger partial charge in [-0.05, 0) is 53.2 Å². The van der Waals surface area contributed by atoms with Gasteiger partial charge in [0.15, 0.2) is 5.76 Å². The van der Waals surface area contributed by atoms with Crippen LogP contribution in [0.4, 0.5) is 16.2 Å². The molecule has 6 heteroatoms. The Labute approximate surface area is 183 Å². The quantitative estimate of drug-likeness (QED) is 0.363. The van der Waals surface area contributed by atoms with Crippen LogP contribution in [-0.2, 0) is 0 Å². The topological polar surface area (TPSA) is 78.1 Å². The van der Waals surface area contributed by atoms with E-state index in [1.165, 1.54) is 5.01 Å². The second kappa shape index (κ2) is 6.99. The number of hydrazone groups is 1. The molecule has 0 radical (unpaired) electrons. The third-order valence-corrected chi connectivity index (χ3v) is 5.56. The van der Waals surface area contributed by atoms with E-state index in [1.807, 2.05) is 66.7 Å². The second-order valence-electron chi connectivity index (χ2n) is 7.54. The molecule has 0 aliphatic carbocycles. The van der Waals surface area contributed by atoms with E-state index in [0.717, 1.165) is 16.2 Å². The molecule has 1 aromatic heterocycles. The predicted octanol–water partition coefficient (Wildman–Crippen LogP) is 6.10. The average Bonchev–Trinajstić information content (AvgIpc) is 3.12. The van der Waals surface area contributed by atoms with E-state index in [4.69, 9.17) is 9.52 Å². The molecular formula is C26H17N3O3. The highest BCUT2D eigenvalue weighted by atomic mass is 16.3. The van der Waals surface area contributed by atoms with Crippen molar-refractivity contribution in [3.8, 4) is 5.75 Å². The summed E-state index contributed by atoms with van der Waals surface area (Å²) in [4.78, 5) is 13.3. The minimum Gasteiger partial charge on any atom is -0.508 e. The molecule has 2 N–H and O–H groups in total. The fourth-order valence-corrected chi connectivity index (χ4v) is 4.06. The molecule has 0 fully saturated rings. The number of rotatable bonds is 2. The van der Waals surface area contributed by atoms with E-state index >= 15 is 0 Å². The number of amides is 2. The third-order valence-electron chi connectivity index (χ3n) is 5.56. The molecule has 0 unspecified atom stereocenters. The Bertz CT molecular complexity index is 1520. The zero-order valence-corrected chi connectivity index (χ0v) is 16.8. The number of furan rings is 1. The summed E-state index contributed by atoms with van der Waals surface area (Å²) in [7, 11) is 0. The summed E-state index contributed by atoms with van der Waals surface area (Å²) in [6.07, 6.45) is 0. The van der Waals surface area contributed by atoms with E-state index in [0.29, 0.717) is 34.0 Å². The van der Waals surface area contributed by atoms with Gasteiger partial charge in [0.2, 0.25) is 0 Å². The minimum atomic E-state index is -0.387. The van der Waals surface area contributed by atoms with Crippen LogP contribution >= 0.6 is 0 Å². The molecule has 32 heavy (non-hydrogen) atoms. The van der Waals surface area contributed by atoms with Crippen LogP contribution < -0.4 is 10.3 Å². The van der Waals surface area contributed by atoms with E-state index in [9.17, 15) is 9.90 Å². The Balaban J connectivity index is 1.66. The monoisotopic (exact) mass is 419 g/mol. The number of carbonyl (C=O) groups excluding carboxylic acids is 1. The van der Waals surface area contributed by atoms with Crippen molar-refractivity contribution in [2.24, 2.45) is 5.10 Å². The van der Waals surface area contributed by atoms with Crippen LogP contribution in [0.15, 0.2) is 101 Å². The van der Waals surface area contributed by atoms with Gasteiger partial charge in [0.25, 0.3) is 0 Å². The van der Waals surface area contributed by atoms with Gasteiger partial charge in [-0.15, -0.1) is 0 Å². The Kier molecular flexibility index (Phi) is 3.98. The maximum Gasteiger partial charge on any atom is 0.347 e. The van der Waals surface area contributed by atoms with Crippen molar-refractivity contribution < 1.29 is 14.3 Å². The third kappa shape index (κ3) is 2.81. The number of nitrogens with one attached hydrogen (secondary N) is 1. The number of para-hydroxylation sites is 1. The molecule has 6 rings (SSSR count). The van der Waals surface area contributed by atoms with Gasteiger partial charge in [0.1, 0.15) is 17.0 Å². The van der Waals surface area contributed by atoms with Crippen LogP contribution in [-0.4, -0.2) is 16.8 Å². The molecule has 0 bridgehead atoms. The zero-order chi connectivity index (χ0) is 21.7.